The number of halogens is 1. The normalized spacial score (nSPS) is 9.83. The Kier molecular flexibility index (Phi) is 6.33. The highest BCUT2D eigenvalue weighted by atomic mass is 19.1. The molecule has 1 aromatic heterocycles. The Labute approximate surface area is 140 Å². The summed E-state index contributed by atoms with van der Waals surface area (Å²) in [5.74, 6) is 0.850. The molecule has 0 amide bonds. The predicted octanol–water partition coefficient (Wildman–Crippen LogP) is 4.69. The number of anilines is 1. The third-order valence-corrected chi connectivity index (χ3v) is 3.14. The Morgan fingerprint density at radius 3 is 2.54 bits per heavy atom. The second-order valence-electron chi connectivity index (χ2n) is 4.73. The SMILES string of the molecule is CC.ONc1ccc(Oc2ccc(F)cc2)c(Cn2ccnc2)c1. The summed E-state index contributed by atoms with van der Waals surface area (Å²) >= 11 is 0. The molecule has 0 aliphatic rings. The van der Waals surface area contributed by atoms with Crippen LogP contribution in [0.4, 0.5) is 10.1 Å². The lowest BCUT2D eigenvalue weighted by Crippen LogP contribution is -2.01. The molecule has 2 N–H and O–H groups in total. The van der Waals surface area contributed by atoms with E-state index in [0.29, 0.717) is 23.7 Å². The van der Waals surface area contributed by atoms with Crippen molar-refractivity contribution >= 4 is 5.69 Å². The maximum absolute atomic E-state index is 13.0. The third kappa shape index (κ3) is 4.57. The first-order valence-corrected chi connectivity index (χ1v) is 7.67. The van der Waals surface area contributed by atoms with Crippen molar-refractivity contribution in [2.75, 3.05) is 5.48 Å². The average Bonchev–Trinajstić information content (AvgIpc) is 3.13. The van der Waals surface area contributed by atoms with Crippen LogP contribution in [0.25, 0.3) is 0 Å². The van der Waals surface area contributed by atoms with Crippen LogP contribution >= 0.6 is 0 Å². The van der Waals surface area contributed by atoms with Crippen LogP contribution in [0, 0.1) is 5.82 Å². The zero-order valence-corrected chi connectivity index (χ0v) is 13.6. The Morgan fingerprint density at radius 2 is 1.92 bits per heavy atom. The summed E-state index contributed by atoms with van der Waals surface area (Å²) in [5.41, 5.74) is 3.52. The van der Waals surface area contributed by atoms with Gasteiger partial charge in [0.2, 0.25) is 0 Å². The minimum Gasteiger partial charge on any atom is -0.457 e. The van der Waals surface area contributed by atoms with Gasteiger partial charge in [0.05, 0.1) is 18.6 Å². The fourth-order valence-corrected chi connectivity index (χ4v) is 2.08. The molecule has 5 nitrogen and oxygen atoms in total. The largest absolute Gasteiger partial charge is 0.457 e. The Balaban J connectivity index is 0.00000100. The van der Waals surface area contributed by atoms with Crippen molar-refractivity contribution in [3.8, 4) is 11.5 Å². The van der Waals surface area contributed by atoms with E-state index < -0.39 is 0 Å². The first-order chi connectivity index (χ1) is 11.7. The van der Waals surface area contributed by atoms with Gasteiger partial charge in [-0.25, -0.2) is 9.37 Å². The van der Waals surface area contributed by atoms with E-state index in [4.69, 9.17) is 9.94 Å². The maximum atomic E-state index is 13.0. The zero-order valence-electron chi connectivity index (χ0n) is 13.6. The molecule has 0 aliphatic heterocycles. The minimum absolute atomic E-state index is 0.314. The van der Waals surface area contributed by atoms with E-state index in [1.54, 1.807) is 42.9 Å². The molecule has 6 heteroatoms. The van der Waals surface area contributed by atoms with Gasteiger partial charge < -0.3 is 9.30 Å². The molecule has 3 aromatic rings. The molecule has 0 radical (unpaired) electrons. The van der Waals surface area contributed by atoms with Gasteiger partial charge in [-0.05, 0) is 42.5 Å². The summed E-state index contributed by atoms with van der Waals surface area (Å²) in [4.78, 5) is 4.00. The number of ether oxygens (including phenoxy) is 1. The lowest BCUT2D eigenvalue weighted by Gasteiger charge is -2.13. The summed E-state index contributed by atoms with van der Waals surface area (Å²) in [5, 5.41) is 9.05. The van der Waals surface area contributed by atoms with Crippen LogP contribution in [-0.4, -0.2) is 14.8 Å². The number of benzene rings is 2. The van der Waals surface area contributed by atoms with Crippen molar-refractivity contribution in [1.82, 2.24) is 9.55 Å². The van der Waals surface area contributed by atoms with Crippen LogP contribution in [0.15, 0.2) is 61.2 Å². The monoisotopic (exact) mass is 329 g/mol. The number of rotatable bonds is 5. The molecule has 0 unspecified atom stereocenters. The number of hydrogen-bond donors (Lipinski definition) is 2. The van der Waals surface area contributed by atoms with Crippen molar-refractivity contribution in [3.63, 3.8) is 0 Å². The minimum atomic E-state index is -0.314. The van der Waals surface area contributed by atoms with Gasteiger partial charge in [0, 0.05) is 18.0 Å². The van der Waals surface area contributed by atoms with Gasteiger partial charge in [0.15, 0.2) is 0 Å². The van der Waals surface area contributed by atoms with Crippen LogP contribution in [0.1, 0.15) is 19.4 Å². The summed E-state index contributed by atoms with van der Waals surface area (Å²) in [6, 6.07) is 11.0. The first-order valence-electron chi connectivity index (χ1n) is 7.67. The van der Waals surface area contributed by atoms with Crippen LogP contribution in [0.3, 0.4) is 0 Å². The van der Waals surface area contributed by atoms with Gasteiger partial charge in [-0.2, -0.15) is 0 Å². The number of nitrogens with one attached hydrogen (secondary N) is 1. The highest BCUT2D eigenvalue weighted by molar-refractivity contribution is 5.51. The van der Waals surface area contributed by atoms with E-state index in [0.717, 1.165) is 5.56 Å². The van der Waals surface area contributed by atoms with Crippen LogP contribution in [0.5, 0.6) is 11.5 Å². The standard InChI is InChI=1S/C16H14FN3O2.C2H6/c17-13-1-4-15(5-2-13)22-16-6-3-14(19-21)9-12(16)10-20-8-7-18-11-20;1-2/h1-9,11,19,21H,10H2;1-2H3. The van der Waals surface area contributed by atoms with Crippen molar-refractivity contribution < 1.29 is 14.3 Å². The van der Waals surface area contributed by atoms with Crippen molar-refractivity contribution in [1.29, 1.82) is 0 Å². The van der Waals surface area contributed by atoms with Gasteiger partial charge in [0.1, 0.15) is 17.3 Å². The van der Waals surface area contributed by atoms with Gasteiger partial charge >= 0.3 is 0 Å². The second kappa shape index (κ2) is 8.69. The average molecular weight is 329 g/mol. The molecule has 0 spiro atoms. The summed E-state index contributed by atoms with van der Waals surface area (Å²) in [6.07, 6.45) is 5.22. The van der Waals surface area contributed by atoms with Gasteiger partial charge in [-0.15, -0.1) is 0 Å². The zero-order chi connectivity index (χ0) is 17.4. The highest BCUT2D eigenvalue weighted by Gasteiger charge is 2.08. The molecule has 0 atom stereocenters. The van der Waals surface area contributed by atoms with E-state index >= 15 is 0 Å². The predicted molar refractivity (Wildman–Crippen MR) is 91.0 cm³/mol. The quantitative estimate of drug-likeness (QED) is 0.667. The number of nitrogens with zero attached hydrogens (tertiary/aromatic N) is 2. The Morgan fingerprint density at radius 1 is 1.17 bits per heavy atom. The molecule has 1 heterocycles. The van der Waals surface area contributed by atoms with Crippen molar-refractivity contribution in [2.24, 2.45) is 0 Å². The van der Waals surface area contributed by atoms with Gasteiger partial charge in [-0.3, -0.25) is 10.7 Å². The van der Waals surface area contributed by atoms with E-state index in [9.17, 15) is 4.39 Å². The topological polar surface area (TPSA) is 59.3 Å². The third-order valence-electron chi connectivity index (χ3n) is 3.14. The molecule has 0 bridgehead atoms. The number of hydrogen-bond acceptors (Lipinski definition) is 4. The van der Waals surface area contributed by atoms with Crippen LogP contribution < -0.4 is 10.2 Å². The summed E-state index contributed by atoms with van der Waals surface area (Å²) in [6.45, 7) is 4.53. The maximum Gasteiger partial charge on any atom is 0.132 e. The highest BCUT2D eigenvalue weighted by Crippen LogP contribution is 2.28. The smallest absolute Gasteiger partial charge is 0.132 e. The van der Waals surface area contributed by atoms with Gasteiger partial charge in [0.25, 0.3) is 0 Å². The first kappa shape index (κ1) is 17.5. The van der Waals surface area contributed by atoms with E-state index in [-0.39, 0.29) is 5.82 Å². The molecule has 0 saturated carbocycles. The lowest BCUT2D eigenvalue weighted by atomic mass is 10.1. The molecule has 126 valence electrons. The van der Waals surface area contributed by atoms with Crippen molar-refractivity contribution in [2.45, 2.75) is 20.4 Å². The van der Waals surface area contributed by atoms with E-state index in [2.05, 4.69) is 10.5 Å². The Hall–Kier alpha value is -2.86. The summed E-state index contributed by atoms with van der Waals surface area (Å²) < 4.78 is 20.6. The fourth-order valence-electron chi connectivity index (χ4n) is 2.08. The summed E-state index contributed by atoms with van der Waals surface area (Å²) in [7, 11) is 0. The molecule has 3 rings (SSSR count). The molecule has 0 saturated heterocycles. The van der Waals surface area contributed by atoms with Crippen LogP contribution in [-0.2, 0) is 6.54 Å². The van der Waals surface area contributed by atoms with Crippen molar-refractivity contribution in [3.05, 3.63) is 72.6 Å². The molecule has 0 fully saturated rings. The second-order valence-corrected chi connectivity index (χ2v) is 4.73. The fraction of sp³-hybridized carbons (Fsp3) is 0.167. The number of aromatic nitrogens is 2. The Bertz CT molecular complexity index is 743. The molecule has 0 aliphatic carbocycles. The molecular formula is C18H20FN3O2. The molecule has 2 aromatic carbocycles. The van der Waals surface area contributed by atoms with E-state index in [1.165, 1.54) is 12.1 Å². The number of imidazole rings is 1. The molecule has 24 heavy (non-hydrogen) atoms. The van der Waals surface area contributed by atoms with Gasteiger partial charge in [-0.1, -0.05) is 13.8 Å². The van der Waals surface area contributed by atoms with E-state index in [1.807, 2.05) is 24.6 Å². The molecular weight excluding hydrogens is 309 g/mol. The van der Waals surface area contributed by atoms with Crippen LogP contribution in [0.2, 0.25) is 0 Å². The lowest BCUT2D eigenvalue weighted by molar-refractivity contribution is 0.388.